The summed E-state index contributed by atoms with van der Waals surface area (Å²) in [7, 11) is -3.18. The Hall–Kier alpha value is -0.170. The average Bonchev–Trinajstić information content (AvgIpc) is 2.38. The monoisotopic (exact) mass is 318 g/mol. The minimum atomic E-state index is -3.18. The lowest BCUT2D eigenvalue weighted by molar-refractivity contribution is 0.0722. The predicted octanol–water partition coefficient (Wildman–Crippen LogP) is 1.45. The molecule has 0 radical (unpaired) electrons. The molecule has 0 aromatic rings. The standard InChI is InChI=1S/C15H30N2O3S/c1-13-4-3-7-17(10-13)11-14(2)16-21(18,19)12-15-5-8-20-9-6-15/h13-16H,3-12H2,1-2H3/t13-,14-/m1/s1. The number of ether oxygens (including phenoxy) is 1. The summed E-state index contributed by atoms with van der Waals surface area (Å²) in [5, 5.41) is 0. The van der Waals surface area contributed by atoms with Crippen molar-refractivity contribution in [3.05, 3.63) is 0 Å². The molecule has 2 aliphatic heterocycles. The maximum atomic E-state index is 12.2. The van der Waals surface area contributed by atoms with Crippen molar-refractivity contribution in [2.75, 3.05) is 38.6 Å². The average molecular weight is 318 g/mol. The molecule has 0 aromatic carbocycles. The highest BCUT2D eigenvalue weighted by atomic mass is 32.2. The van der Waals surface area contributed by atoms with Crippen molar-refractivity contribution < 1.29 is 13.2 Å². The molecular weight excluding hydrogens is 288 g/mol. The lowest BCUT2D eigenvalue weighted by Gasteiger charge is -2.33. The lowest BCUT2D eigenvalue weighted by Crippen LogP contribution is -2.46. The van der Waals surface area contributed by atoms with Crippen molar-refractivity contribution in [2.24, 2.45) is 11.8 Å². The van der Waals surface area contributed by atoms with Gasteiger partial charge in [0.15, 0.2) is 0 Å². The fraction of sp³-hybridized carbons (Fsp3) is 1.00. The molecule has 5 nitrogen and oxygen atoms in total. The zero-order chi connectivity index (χ0) is 15.3. The molecule has 0 unspecified atom stereocenters. The number of nitrogens with one attached hydrogen (secondary N) is 1. The highest BCUT2D eigenvalue weighted by molar-refractivity contribution is 7.89. The normalized spacial score (nSPS) is 27.6. The van der Waals surface area contributed by atoms with E-state index in [1.807, 2.05) is 6.92 Å². The number of sulfonamides is 1. The van der Waals surface area contributed by atoms with Gasteiger partial charge in [0, 0.05) is 32.3 Å². The Labute approximate surface area is 129 Å². The first-order valence-electron chi connectivity index (χ1n) is 8.25. The van der Waals surface area contributed by atoms with E-state index in [-0.39, 0.29) is 17.7 Å². The SMILES string of the molecule is C[C@@H]1CCCN(C[C@@H](C)NS(=O)(=O)CC2CCOCC2)C1. The van der Waals surface area contributed by atoms with Gasteiger partial charge in [-0.15, -0.1) is 0 Å². The van der Waals surface area contributed by atoms with Crippen molar-refractivity contribution in [1.29, 1.82) is 0 Å². The van der Waals surface area contributed by atoms with Crippen LogP contribution in [0.25, 0.3) is 0 Å². The fourth-order valence-corrected chi connectivity index (χ4v) is 5.19. The van der Waals surface area contributed by atoms with Crippen molar-refractivity contribution in [1.82, 2.24) is 9.62 Å². The summed E-state index contributed by atoms with van der Waals surface area (Å²) >= 11 is 0. The van der Waals surface area contributed by atoms with Crippen LogP contribution in [0.15, 0.2) is 0 Å². The van der Waals surface area contributed by atoms with Crippen LogP contribution in [0.1, 0.15) is 39.5 Å². The highest BCUT2D eigenvalue weighted by Crippen LogP contribution is 2.17. The summed E-state index contributed by atoms with van der Waals surface area (Å²) in [6, 6.07) is -0.0138. The van der Waals surface area contributed by atoms with E-state index in [2.05, 4.69) is 16.5 Å². The third-order valence-corrected chi connectivity index (χ3v) is 6.12. The van der Waals surface area contributed by atoms with Crippen molar-refractivity contribution in [3.63, 3.8) is 0 Å². The van der Waals surface area contributed by atoms with E-state index in [9.17, 15) is 8.42 Å². The van der Waals surface area contributed by atoms with Gasteiger partial charge in [-0.1, -0.05) is 6.92 Å². The van der Waals surface area contributed by atoms with E-state index in [4.69, 9.17) is 4.74 Å². The molecule has 2 rings (SSSR count). The number of nitrogens with zero attached hydrogens (tertiary/aromatic N) is 1. The van der Waals surface area contributed by atoms with Gasteiger partial charge in [-0.05, 0) is 51.0 Å². The summed E-state index contributed by atoms with van der Waals surface area (Å²) < 4.78 is 32.6. The number of rotatable bonds is 6. The first-order valence-corrected chi connectivity index (χ1v) is 9.90. The maximum absolute atomic E-state index is 12.2. The number of likely N-dealkylation sites (tertiary alicyclic amines) is 1. The molecule has 0 amide bonds. The topological polar surface area (TPSA) is 58.6 Å². The van der Waals surface area contributed by atoms with Crippen LogP contribution < -0.4 is 4.72 Å². The van der Waals surface area contributed by atoms with Gasteiger partial charge in [0.2, 0.25) is 10.0 Å². The zero-order valence-electron chi connectivity index (χ0n) is 13.4. The maximum Gasteiger partial charge on any atom is 0.212 e. The van der Waals surface area contributed by atoms with E-state index in [0.717, 1.165) is 38.4 Å². The summed E-state index contributed by atoms with van der Waals surface area (Å²) in [6.07, 6.45) is 4.24. The number of hydrogen-bond acceptors (Lipinski definition) is 4. The Balaban J connectivity index is 1.75. The second-order valence-electron chi connectivity index (χ2n) is 6.86. The molecule has 2 saturated heterocycles. The second kappa shape index (κ2) is 7.90. The Morgan fingerprint density at radius 1 is 1.29 bits per heavy atom. The zero-order valence-corrected chi connectivity index (χ0v) is 14.2. The minimum absolute atomic E-state index is 0.0138. The third-order valence-electron chi connectivity index (χ3n) is 4.45. The van der Waals surface area contributed by atoms with E-state index in [1.54, 1.807) is 0 Å². The summed E-state index contributed by atoms with van der Waals surface area (Å²) in [5.74, 6) is 1.22. The molecule has 0 saturated carbocycles. The fourth-order valence-electron chi connectivity index (χ4n) is 3.46. The molecule has 0 aliphatic carbocycles. The molecule has 124 valence electrons. The molecule has 2 aliphatic rings. The largest absolute Gasteiger partial charge is 0.381 e. The molecule has 1 N–H and O–H groups in total. The molecule has 0 bridgehead atoms. The summed E-state index contributed by atoms with van der Waals surface area (Å²) in [4.78, 5) is 2.38. The third kappa shape index (κ3) is 6.22. The van der Waals surface area contributed by atoms with Gasteiger partial charge in [0.1, 0.15) is 0 Å². The van der Waals surface area contributed by atoms with Crippen molar-refractivity contribution in [3.8, 4) is 0 Å². The molecule has 2 fully saturated rings. The Kier molecular flexibility index (Phi) is 6.47. The summed E-state index contributed by atoms with van der Waals surface area (Å²) in [6.45, 7) is 8.63. The van der Waals surface area contributed by atoms with Crippen LogP contribution in [0, 0.1) is 11.8 Å². The van der Waals surface area contributed by atoms with Crippen LogP contribution >= 0.6 is 0 Å². The van der Waals surface area contributed by atoms with Gasteiger partial charge in [-0.25, -0.2) is 13.1 Å². The molecular formula is C15H30N2O3S. The quantitative estimate of drug-likeness (QED) is 0.805. The van der Waals surface area contributed by atoms with Crippen LogP contribution in [-0.4, -0.2) is 58.0 Å². The van der Waals surface area contributed by atoms with Gasteiger partial charge >= 0.3 is 0 Å². The van der Waals surface area contributed by atoms with Crippen molar-refractivity contribution in [2.45, 2.75) is 45.6 Å². The van der Waals surface area contributed by atoms with Gasteiger partial charge in [-0.3, -0.25) is 0 Å². The Morgan fingerprint density at radius 3 is 2.67 bits per heavy atom. The van der Waals surface area contributed by atoms with E-state index >= 15 is 0 Å². The Morgan fingerprint density at radius 2 is 2.00 bits per heavy atom. The molecule has 2 heterocycles. The van der Waals surface area contributed by atoms with Crippen molar-refractivity contribution >= 4 is 10.0 Å². The first-order chi connectivity index (χ1) is 9.94. The van der Waals surface area contributed by atoms with Crippen LogP contribution in [0.4, 0.5) is 0 Å². The molecule has 6 heteroatoms. The first kappa shape index (κ1) is 17.2. The molecule has 0 aromatic heterocycles. The van der Waals surface area contributed by atoms with E-state index in [1.165, 1.54) is 12.8 Å². The van der Waals surface area contributed by atoms with Crippen LogP contribution in [0.2, 0.25) is 0 Å². The van der Waals surface area contributed by atoms with Gasteiger partial charge in [0.05, 0.1) is 5.75 Å². The second-order valence-corrected chi connectivity index (χ2v) is 8.66. The predicted molar refractivity (Wildman–Crippen MR) is 84.8 cm³/mol. The minimum Gasteiger partial charge on any atom is -0.381 e. The summed E-state index contributed by atoms with van der Waals surface area (Å²) in [5.41, 5.74) is 0. The van der Waals surface area contributed by atoms with Gasteiger partial charge in [-0.2, -0.15) is 0 Å². The van der Waals surface area contributed by atoms with Crippen LogP contribution in [-0.2, 0) is 14.8 Å². The Bertz CT molecular complexity index is 407. The van der Waals surface area contributed by atoms with Crippen LogP contribution in [0.5, 0.6) is 0 Å². The number of piperidine rings is 1. The van der Waals surface area contributed by atoms with Gasteiger partial charge < -0.3 is 9.64 Å². The lowest BCUT2D eigenvalue weighted by atomic mass is 10.00. The highest BCUT2D eigenvalue weighted by Gasteiger charge is 2.24. The van der Waals surface area contributed by atoms with Gasteiger partial charge in [0.25, 0.3) is 0 Å². The smallest absolute Gasteiger partial charge is 0.212 e. The molecule has 2 atom stereocenters. The van der Waals surface area contributed by atoms with Crippen LogP contribution in [0.3, 0.4) is 0 Å². The van der Waals surface area contributed by atoms with E-state index in [0.29, 0.717) is 13.2 Å². The molecule has 21 heavy (non-hydrogen) atoms. The number of hydrogen-bond donors (Lipinski definition) is 1. The molecule has 0 spiro atoms. The van der Waals surface area contributed by atoms with E-state index < -0.39 is 10.0 Å².